The maximum atomic E-state index is 12.5. The Labute approximate surface area is 224 Å². The molecule has 0 heterocycles. The highest BCUT2D eigenvalue weighted by atomic mass is 32.2. The highest BCUT2D eigenvalue weighted by Crippen LogP contribution is 2.41. The molecule has 2 aliphatic carbocycles. The van der Waals surface area contributed by atoms with Gasteiger partial charge in [0.1, 0.15) is 0 Å². The monoisotopic (exact) mass is 562 g/mol. The van der Waals surface area contributed by atoms with Crippen molar-refractivity contribution in [3.8, 4) is 0 Å². The molecular formula is C26H34N4O6S2. The van der Waals surface area contributed by atoms with Crippen LogP contribution >= 0.6 is 0 Å². The Balaban J connectivity index is 1.07. The van der Waals surface area contributed by atoms with E-state index in [4.69, 9.17) is 0 Å². The molecule has 0 saturated heterocycles. The lowest BCUT2D eigenvalue weighted by Gasteiger charge is -2.10. The van der Waals surface area contributed by atoms with Crippen molar-refractivity contribution in [2.45, 2.75) is 73.0 Å². The summed E-state index contributed by atoms with van der Waals surface area (Å²) in [6, 6.07) is 11.8. The van der Waals surface area contributed by atoms with Crippen LogP contribution in [0.5, 0.6) is 0 Å². The highest BCUT2D eigenvalue weighted by molar-refractivity contribution is 7.90. The number of benzene rings is 2. The first-order valence-electron chi connectivity index (χ1n) is 13.0. The smallest absolute Gasteiger partial charge is 0.328 e. The van der Waals surface area contributed by atoms with Crippen molar-refractivity contribution in [3.05, 3.63) is 59.7 Å². The Bertz CT molecular complexity index is 1260. The van der Waals surface area contributed by atoms with Crippen molar-refractivity contribution in [2.75, 3.05) is 13.1 Å². The van der Waals surface area contributed by atoms with Crippen molar-refractivity contribution in [1.82, 2.24) is 20.1 Å². The van der Waals surface area contributed by atoms with Gasteiger partial charge in [-0.2, -0.15) is 0 Å². The van der Waals surface area contributed by atoms with Gasteiger partial charge >= 0.3 is 12.1 Å². The summed E-state index contributed by atoms with van der Waals surface area (Å²) in [6.45, 7) is 0.602. The molecule has 0 spiro atoms. The van der Waals surface area contributed by atoms with Crippen LogP contribution in [-0.2, 0) is 20.0 Å². The number of amides is 4. The van der Waals surface area contributed by atoms with Gasteiger partial charge in [-0.3, -0.25) is 0 Å². The molecule has 2 fully saturated rings. The number of sulfonamides is 2. The first kappa shape index (κ1) is 27.9. The molecule has 0 aliphatic heterocycles. The van der Waals surface area contributed by atoms with Crippen LogP contribution in [0, 0.1) is 0 Å². The summed E-state index contributed by atoms with van der Waals surface area (Å²) >= 11 is 0. The molecule has 0 atom stereocenters. The summed E-state index contributed by atoms with van der Waals surface area (Å²) in [6.07, 6.45) is 6.95. The first-order valence-corrected chi connectivity index (χ1v) is 15.9. The predicted molar refractivity (Wildman–Crippen MR) is 143 cm³/mol. The number of hydrogen-bond acceptors (Lipinski definition) is 6. The number of urea groups is 2. The summed E-state index contributed by atoms with van der Waals surface area (Å²) < 4.78 is 53.9. The van der Waals surface area contributed by atoms with Crippen LogP contribution in [0.3, 0.4) is 0 Å². The second-order valence-electron chi connectivity index (χ2n) is 9.83. The molecule has 0 bridgehead atoms. The zero-order chi connectivity index (χ0) is 27.2. The van der Waals surface area contributed by atoms with E-state index in [1.807, 2.05) is 21.6 Å². The number of nitrogens with one attached hydrogen (secondary N) is 4. The van der Waals surface area contributed by atoms with Crippen LogP contribution in [0.15, 0.2) is 58.3 Å². The van der Waals surface area contributed by atoms with Crippen LogP contribution in [-0.4, -0.2) is 42.0 Å². The van der Waals surface area contributed by atoms with Gasteiger partial charge in [-0.15, -0.1) is 0 Å². The van der Waals surface area contributed by atoms with Crippen LogP contribution in [0.25, 0.3) is 0 Å². The Kier molecular flexibility index (Phi) is 8.93. The minimum absolute atomic E-state index is 0.0770. The zero-order valence-corrected chi connectivity index (χ0v) is 22.7. The van der Waals surface area contributed by atoms with E-state index in [2.05, 4.69) is 10.6 Å². The molecule has 4 N–H and O–H groups in total. The van der Waals surface area contributed by atoms with Crippen molar-refractivity contribution < 1.29 is 26.4 Å². The quantitative estimate of drug-likeness (QED) is 0.274. The summed E-state index contributed by atoms with van der Waals surface area (Å²) in [5.41, 5.74) is 1.95. The van der Waals surface area contributed by atoms with E-state index in [0.717, 1.165) is 49.7 Å². The molecule has 2 saturated carbocycles. The molecule has 4 rings (SSSR count). The summed E-state index contributed by atoms with van der Waals surface area (Å²) in [5, 5.41) is 5.10. The molecule has 2 aromatic carbocycles. The van der Waals surface area contributed by atoms with Crippen LogP contribution in [0.1, 0.15) is 74.3 Å². The fraction of sp³-hybridized carbons (Fsp3) is 0.462. The van der Waals surface area contributed by atoms with E-state index in [-0.39, 0.29) is 9.79 Å². The fourth-order valence-corrected chi connectivity index (χ4v) is 6.11. The van der Waals surface area contributed by atoms with Crippen molar-refractivity contribution in [1.29, 1.82) is 0 Å². The Morgan fingerprint density at radius 1 is 0.632 bits per heavy atom. The van der Waals surface area contributed by atoms with Crippen molar-refractivity contribution >= 4 is 32.1 Å². The molecule has 0 unspecified atom stereocenters. The van der Waals surface area contributed by atoms with Gasteiger partial charge in [0.25, 0.3) is 20.0 Å². The molecule has 12 heteroatoms. The van der Waals surface area contributed by atoms with Gasteiger partial charge < -0.3 is 10.6 Å². The van der Waals surface area contributed by atoms with Gasteiger partial charge in [-0.1, -0.05) is 37.1 Å². The van der Waals surface area contributed by atoms with E-state index >= 15 is 0 Å². The average molecular weight is 563 g/mol. The van der Waals surface area contributed by atoms with Gasteiger partial charge in [0.2, 0.25) is 0 Å². The Morgan fingerprint density at radius 2 is 1.03 bits per heavy atom. The largest absolute Gasteiger partial charge is 0.337 e. The average Bonchev–Trinajstić information content (AvgIpc) is 3.78. The molecule has 0 aromatic heterocycles. The second kappa shape index (κ2) is 12.2. The van der Waals surface area contributed by atoms with E-state index in [1.54, 1.807) is 24.3 Å². The summed E-state index contributed by atoms with van der Waals surface area (Å²) in [7, 11) is -7.87. The number of carbonyl (C=O) groups is 2. The van der Waals surface area contributed by atoms with E-state index in [0.29, 0.717) is 37.8 Å². The molecular weight excluding hydrogens is 528 g/mol. The van der Waals surface area contributed by atoms with Crippen LogP contribution in [0.4, 0.5) is 9.59 Å². The SMILES string of the molecule is O=C(NCCCCCCNC(=O)NS(=O)(=O)c1cccc(C2CC2)c1)NS(=O)(=O)c1cccc(C2CC2)c1. The van der Waals surface area contributed by atoms with E-state index in [9.17, 15) is 26.4 Å². The number of rotatable bonds is 13. The third-order valence-electron chi connectivity index (χ3n) is 6.56. The lowest BCUT2D eigenvalue weighted by atomic mass is 10.1. The number of hydrogen-bond donors (Lipinski definition) is 4. The minimum atomic E-state index is -3.94. The molecule has 206 valence electrons. The molecule has 0 radical (unpaired) electrons. The minimum Gasteiger partial charge on any atom is -0.337 e. The van der Waals surface area contributed by atoms with Gasteiger partial charge in [0.05, 0.1) is 9.79 Å². The van der Waals surface area contributed by atoms with Gasteiger partial charge in [-0.05, 0) is 85.8 Å². The third-order valence-corrected chi connectivity index (χ3v) is 9.22. The molecule has 2 aromatic rings. The number of carbonyl (C=O) groups excluding carboxylic acids is 2. The maximum Gasteiger partial charge on any atom is 0.328 e. The van der Waals surface area contributed by atoms with Gasteiger partial charge in [0, 0.05) is 13.1 Å². The first-order chi connectivity index (χ1) is 18.1. The van der Waals surface area contributed by atoms with Crippen LogP contribution < -0.4 is 20.1 Å². The van der Waals surface area contributed by atoms with Crippen molar-refractivity contribution in [3.63, 3.8) is 0 Å². The normalized spacial score (nSPS) is 15.5. The molecule has 2 aliphatic rings. The van der Waals surface area contributed by atoms with Gasteiger partial charge in [-0.25, -0.2) is 35.9 Å². The zero-order valence-electron chi connectivity index (χ0n) is 21.1. The third kappa shape index (κ3) is 8.19. The summed E-state index contributed by atoms with van der Waals surface area (Å²) in [5.74, 6) is 0.817. The van der Waals surface area contributed by atoms with Crippen LogP contribution in [0.2, 0.25) is 0 Å². The lowest BCUT2D eigenvalue weighted by molar-refractivity contribution is 0.244. The second-order valence-corrected chi connectivity index (χ2v) is 13.2. The maximum absolute atomic E-state index is 12.5. The molecule has 38 heavy (non-hydrogen) atoms. The lowest BCUT2D eigenvalue weighted by Crippen LogP contribution is -2.40. The molecule has 10 nitrogen and oxygen atoms in total. The summed E-state index contributed by atoms with van der Waals surface area (Å²) in [4.78, 5) is 24.2. The standard InChI is InChI=1S/C26H34N4O6S2/c31-25(29-37(33,34)23-9-5-7-21(17-23)19-11-12-19)27-15-3-1-2-4-16-28-26(32)30-38(35,36)24-10-6-8-22(18-24)20-13-14-20/h5-10,17-20H,1-4,11-16H2,(H2,27,29,31)(H2,28,30,32). The van der Waals surface area contributed by atoms with Gasteiger partial charge in [0.15, 0.2) is 0 Å². The van der Waals surface area contributed by atoms with E-state index in [1.165, 1.54) is 12.1 Å². The highest BCUT2D eigenvalue weighted by Gasteiger charge is 2.26. The van der Waals surface area contributed by atoms with E-state index < -0.39 is 32.1 Å². The predicted octanol–water partition coefficient (Wildman–Crippen LogP) is 3.68. The Hall–Kier alpha value is -3.12. The van der Waals surface area contributed by atoms with Crippen molar-refractivity contribution in [2.24, 2.45) is 0 Å². The molecule has 4 amide bonds. The fourth-order valence-electron chi connectivity index (χ4n) is 4.15. The number of unbranched alkanes of at least 4 members (excludes halogenated alkanes) is 3. The topological polar surface area (TPSA) is 151 Å². The Morgan fingerprint density at radius 3 is 1.39 bits per heavy atom.